The average molecular weight is 163 g/mol. The molecule has 2 rings (SSSR count). The van der Waals surface area contributed by atoms with Gasteiger partial charge < -0.3 is 11.5 Å². The summed E-state index contributed by atoms with van der Waals surface area (Å²) in [4.78, 5) is 4.08. The molecule has 1 saturated carbocycles. The first-order valence-corrected chi connectivity index (χ1v) is 4.13. The Morgan fingerprint density at radius 3 is 2.67 bits per heavy atom. The predicted molar refractivity (Wildman–Crippen MR) is 48.5 cm³/mol. The maximum Gasteiger partial charge on any atom is 0.126 e. The number of hydrogen-bond acceptors (Lipinski definition) is 3. The van der Waals surface area contributed by atoms with Crippen LogP contribution in [0.4, 0.5) is 5.82 Å². The first kappa shape index (κ1) is 7.55. The molecule has 12 heavy (non-hydrogen) atoms. The van der Waals surface area contributed by atoms with E-state index < -0.39 is 0 Å². The van der Waals surface area contributed by atoms with Crippen molar-refractivity contribution in [2.24, 2.45) is 5.73 Å². The maximum atomic E-state index is 6.01. The smallest absolute Gasteiger partial charge is 0.126 e. The van der Waals surface area contributed by atoms with Gasteiger partial charge in [-0.1, -0.05) is 0 Å². The summed E-state index contributed by atoms with van der Waals surface area (Å²) in [6.45, 7) is 1.96. The van der Waals surface area contributed by atoms with E-state index in [0.29, 0.717) is 5.82 Å². The van der Waals surface area contributed by atoms with Crippen LogP contribution < -0.4 is 11.5 Å². The van der Waals surface area contributed by atoms with Gasteiger partial charge in [-0.25, -0.2) is 4.98 Å². The Kier molecular flexibility index (Phi) is 1.38. The highest BCUT2D eigenvalue weighted by atomic mass is 14.9. The van der Waals surface area contributed by atoms with E-state index in [1.165, 1.54) is 0 Å². The van der Waals surface area contributed by atoms with Crippen molar-refractivity contribution >= 4 is 5.82 Å². The van der Waals surface area contributed by atoms with E-state index in [1.54, 1.807) is 6.20 Å². The molecule has 3 heteroatoms. The minimum absolute atomic E-state index is 0.0918. The van der Waals surface area contributed by atoms with Crippen molar-refractivity contribution < 1.29 is 0 Å². The number of aromatic nitrogens is 1. The van der Waals surface area contributed by atoms with Crippen LogP contribution in [0, 0.1) is 6.92 Å². The Morgan fingerprint density at radius 1 is 1.50 bits per heavy atom. The Balaban J connectivity index is 2.41. The lowest BCUT2D eigenvalue weighted by Crippen LogP contribution is -2.19. The number of nitrogens with zero attached hydrogens (tertiary/aromatic N) is 1. The van der Waals surface area contributed by atoms with Crippen molar-refractivity contribution in [2.45, 2.75) is 25.3 Å². The summed E-state index contributed by atoms with van der Waals surface area (Å²) in [5, 5.41) is 0. The SMILES string of the molecule is Cc1cc(C2(N)CC2)cnc1N. The largest absolute Gasteiger partial charge is 0.383 e. The van der Waals surface area contributed by atoms with Crippen molar-refractivity contribution in [2.75, 3.05) is 5.73 Å². The first-order valence-electron chi connectivity index (χ1n) is 4.13. The van der Waals surface area contributed by atoms with Gasteiger partial charge >= 0.3 is 0 Å². The van der Waals surface area contributed by atoms with E-state index in [0.717, 1.165) is 24.0 Å². The second-order valence-electron chi connectivity index (χ2n) is 3.58. The van der Waals surface area contributed by atoms with Gasteiger partial charge in [-0.05, 0) is 37.0 Å². The van der Waals surface area contributed by atoms with Gasteiger partial charge in [-0.15, -0.1) is 0 Å². The molecule has 1 aromatic rings. The van der Waals surface area contributed by atoms with Gasteiger partial charge in [0, 0.05) is 11.7 Å². The highest BCUT2D eigenvalue weighted by Crippen LogP contribution is 2.42. The Labute approximate surface area is 71.8 Å². The van der Waals surface area contributed by atoms with Gasteiger partial charge in [0.15, 0.2) is 0 Å². The standard InChI is InChI=1S/C9H13N3/c1-6-4-7(5-12-8(6)10)9(11)2-3-9/h4-5H,2-3,11H2,1H3,(H2,10,12). The third-order valence-electron chi connectivity index (χ3n) is 2.48. The number of nitrogen functional groups attached to an aromatic ring is 1. The minimum Gasteiger partial charge on any atom is -0.383 e. The van der Waals surface area contributed by atoms with E-state index in [2.05, 4.69) is 4.98 Å². The fraction of sp³-hybridized carbons (Fsp3) is 0.444. The van der Waals surface area contributed by atoms with Crippen LogP contribution in [-0.4, -0.2) is 4.98 Å². The van der Waals surface area contributed by atoms with E-state index in [9.17, 15) is 0 Å². The van der Waals surface area contributed by atoms with Crippen LogP contribution >= 0.6 is 0 Å². The zero-order chi connectivity index (χ0) is 8.77. The van der Waals surface area contributed by atoms with Crippen LogP contribution in [0.5, 0.6) is 0 Å². The number of pyridine rings is 1. The molecule has 0 amide bonds. The summed E-state index contributed by atoms with van der Waals surface area (Å²) in [6, 6.07) is 2.04. The molecule has 0 atom stereocenters. The van der Waals surface area contributed by atoms with Crippen molar-refractivity contribution in [1.82, 2.24) is 4.98 Å². The number of hydrogen-bond donors (Lipinski definition) is 2. The summed E-state index contributed by atoms with van der Waals surface area (Å²) in [5.41, 5.74) is 13.7. The molecule has 4 N–H and O–H groups in total. The molecule has 0 saturated heterocycles. The topological polar surface area (TPSA) is 64.9 Å². The van der Waals surface area contributed by atoms with Crippen molar-refractivity contribution in [3.05, 3.63) is 23.4 Å². The maximum absolute atomic E-state index is 6.01. The fourth-order valence-corrected chi connectivity index (χ4v) is 1.28. The Hall–Kier alpha value is -1.09. The molecular formula is C9H13N3. The predicted octanol–water partition coefficient (Wildman–Crippen LogP) is 0.920. The molecule has 64 valence electrons. The van der Waals surface area contributed by atoms with E-state index in [1.807, 2.05) is 13.0 Å². The molecule has 3 nitrogen and oxygen atoms in total. The molecule has 1 heterocycles. The van der Waals surface area contributed by atoms with E-state index in [-0.39, 0.29) is 5.54 Å². The van der Waals surface area contributed by atoms with Gasteiger partial charge in [0.2, 0.25) is 0 Å². The van der Waals surface area contributed by atoms with Crippen LogP contribution in [0.2, 0.25) is 0 Å². The molecule has 1 aliphatic carbocycles. The first-order chi connectivity index (χ1) is 5.62. The number of nitrogens with two attached hydrogens (primary N) is 2. The lowest BCUT2D eigenvalue weighted by Gasteiger charge is -2.09. The van der Waals surface area contributed by atoms with Crippen LogP contribution in [0.25, 0.3) is 0 Å². The average Bonchev–Trinajstić information content (AvgIpc) is 2.75. The fourth-order valence-electron chi connectivity index (χ4n) is 1.28. The zero-order valence-electron chi connectivity index (χ0n) is 7.17. The molecule has 1 fully saturated rings. The lowest BCUT2D eigenvalue weighted by molar-refractivity contribution is 0.734. The summed E-state index contributed by atoms with van der Waals surface area (Å²) in [5.74, 6) is 0.600. The monoisotopic (exact) mass is 163 g/mol. The molecule has 1 aliphatic rings. The second kappa shape index (κ2) is 2.20. The minimum atomic E-state index is -0.0918. The van der Waals surface area contributed by atoms with Crippen LogP contribution in [0.1, 0.15) is 24.0 Å². The van der Waals surface area contributed by atoms with Crippen molar-refractivity contribution in [3.63, 3.8) is 0 Å². The lowest BCUT2D eigenvalue weighted by atomic mass is 10.1. The molecule has 0 aromatic carbocycles. The molecule has 0 bridgehead atoms. The molecular weight excluding hydrogens is 150 g/mol. The zero-order valence-corrected chi connectivity index (χ0v) is 7.17. The molecule has 0 spiro atoms. The summed E-state index contributed by atoms with van der Waals surface area (Å²) in [6.07, 6.45) is 3.92. The summed E-state index contributed by atoms with van der Waals surface area (Å²) in [7, 11) is 0. The Morgan fingerprint density at radius 2 is 2.17 bits per heavy atom. The van der Waals surface area contributed by atoms with E-state index in [4.69, 9.17) is 11.5 Å². The number of anilines is 1. The number of rotatable bonds is 1. The molecule has 0 radical (unpaired) electrons. The third kappa shape index (κ3) is 1.06. The van der Waals surface area contributed by atoms with Gasteiger partial charge in [-0.2, -0.15) is 0 Å². The quantitative estimate of drug-likeness (QED) is 0.647. The molecule has 1 aromatic heterocycles. The van der Waals surface area contributed by atoms with E-state index >= 15 is 0 Å². The highest BCUT2D eigenvalue weighted by Gasteiger charge is 2.40. The normalized spacial score (nSPS) is 19.2. The van der Waals surface area contributed by atoms with Gasteiger partial charge in [0.1, 0.15) is 5.82 Å². The second-order valence-corrected chi connectivity index (χ2v) is 3.58. The van der Waals surface area contributed by atoms with Gasteiger partial charge in [0.05, 0.1) is 0 Å². The van der Waals surface area contributed by atoms with Gasteiger partial charge in [-0.3, -0.25) is 0 Å². The summed E-state index contributed by atoms with van der Waals surface area (Å²) < 4.78 is 0. The van der Waals surface area contributed by atoms with Gasteiger partial charge in [0.25, 0.3) is 0 Å². The van der Waals surface area contributed by atoms with Crippen LogP contribution in [0.15, 0.2) is 12.3 Å². The molecule has 0 aliphatic heterocycles. The van der Waals surface area contributed by atoms with Crippen molar-refractivity contribution in [1.29, 1.82) is 0 Å². The van der Waals surface area contributed by atoms with Crippen molar-refractivity contribution in [3.8, 4) is 0 Å². The van der Waals surface area contributed by atoms with Crippen LogP contribution in [-0.2, 0) is 5.54 Å². The third-order valence-corrected chi connectivity index (χ3v) is 2.48. The highest BCUT2D eigenvalue weighted by molar-refractivity contribution is 5.42. The number of aryl methyl sites for hydroxylation is 1. The Bertz CT molecular complexity index is 316. The molecule has 0 unspecified atom stereocenters. The summed E-state index contributed by atoms with van der Waals surface area (Å²) >= 11 is 0. The van der Waals surface area contributed by atoms with Crippen LogP contribution in [0.3, 0.4) is 0 Å².